The summed E-state index contributed by atoms with van der Waals surface area (Å²) in [5.74, 6) is 1.13. The number of carbonyl (C=O) groups is 1. The fourth-order valence-electron chi connectivity index (χ4n) is 2.67. The fraction of sp³-hybridized carbons (Fsp3) is 0.200. The van der Waals surface area contributed by atoms with Gasteiger partial charge in [0, 0.05) is 6.54 Å². The van der Waals surface area contributed by atoms with E-state index in [0.717, 1.165) is 14.7 Å². The van der Waals surface area contributed by atoms with E-state index in [1.807, 2.05) is 31.2 Å². The number of hydrogen-bond acceptors (Lipinski definition) is 5. The number of carbonyl (C=O) groups excluding carboxylic acids is 1. The van der Waals surface area contributed by atoms with Gasteiger partial charge in [-0.2, -0.15) is 0 Å². The highest BCUT2D eigenvalue weighted by molar-refractivity contribution is 14.1. The van der Waals surface area contributed by atoms with Crippen LogP contribution >= 0.6 is 69.8 Å². The van der Waals surface area contributed by atoms with Gasteiger partial charge >= 0.3 is 0 Å². The Hall–Kier alpha value is -1.000. The van der Waals surface area contributed by atoms with Crippen LogP contribution in [0.3, 0.4) is 0 Å². The maximum Gasteiger partial charge on any atom is 0.266 e. The number of rotatable bonds is 6. The Kier molecular flexibility index (Phi) is 7.72. The second-order valence-corrected chi connectivity index (χ2v) is 9.65. The van der Waals surface area contributed by atoms with Crippen molar-refractivity contribution in [2.75, 3.05) is 13.7 Å². The van der Waals surface area contributed by atoms with Crippen molar-refractivity contribution in [2.24, 2.45) is 0 Å². The third-order valence-corrected chi connectivity index (χ3v) is 7.02. The van der Waals surface area contributed by atoms with E-state index in [0.29, 0.717) is 43.9 Å². The van der Waals surface area contributed by atoms with Gasteiger partial charge in [0.2, 0.25) is 0 Å². The van der Waals surface area contributed by atoms with Crippen molar-refractivity contribution in [2.45, 2.75) is 13.5 Å². The van der Waals surface area contributed by atoms with Crippen molar-refractivity contribution >= 4 is 86.1 Å². The van der Waals surface area contributed by atoms with Gasteiger partial charge in [-0.1, -0.05) is 53.2 Å². The minimum absolute atomic E-state index is 0.0728. The molecule has 1 amide bonds. The number of hydrogen-bond donors (Lipinski definition) is 0. The van der Waals surface area contributed by atoms with Crippen LogP contribution in [-0.2, 0) is 11.4 Å². The molecule has 0 N–H and O–H groups in total. The number of methoxy groups -OCH3 is 1. The van der Waals surface area contributed by atoms with Crippen molar-refractivity contribution in [1.29, 1.82) is 0 Å². The molecule has 0 radical (unpaired) electrons. The van der Waals surface area contributed by atoms with Crippen LogP contribution in [0.1, 0.15) is 18.1 Å². The first-order valence-electron chi connectivity index (χ1n) is 8.53. The molecule has 1 saturated heterocycles. The summed E-state index contributed by atoms with van der Waals surface area (Å²) in [6, 6.07) is 9.14. The van der Waals surface area contributed by atoms with E-state index in [4.69, 9.17) is 44.9 Å². The van der Waals surface area contributed by atoms with Crippen molar-refractivity contribution in [3.8, 4) is 11.5 Å². The van der Waals surface area contributed by atoms with Crippen LogP contribution in [0.5, 0.6) is 11.5 Å². The molecule has 0 saturated carbocycles. The highest BCUT2D eigenvalue weighted by Crippen LogP contribution is 2.38. The summed E-state index contributed by atoms with van der Waals surface area (Å²) < 4.78 is 12.9. The lowest BCUT2D eigenvalue weighted by molar-refractivity contribution is -0.121. The SMILES string of the molecule is CCN1C(=O)/C(=C/c2cc(I)c(OCc3ccc(Cl)c(Cl)c3)c(OC)c2)SC1=S. The number of benzene rings is 2. The number of amides is 1. The minimum atomic E-state index is -0.0728. The summed E-state index contributed by atoms with van der Waals surface area (Å²) in [7, 11) is 1.58. The molecule has 1 aliphatic rings. The van der Waals surface area contributed by atoms with Gasteiger partial charge in [0.25, 0.3) is 5.91 Å². The molecule has 2 aromatic rings. The molecule has 1 aliphatic heterocycles. The number of nitrogens with zero attached hydrogens (tertiary/aromatic N) is 1. The van der Waals surface area contributed by atoms with Gasteiger partial charge in [0.1, 0.15) is 10.9 Å². The smallest absolute Gasteiger partial charge is 0.266 e. The quantitative estimate of drug-likeness (QED) is 0.225. The number of ether oxygens (including phenoxy) is 2. The Labute approximate surface area is 202 Å². The molecule has 0 aliphatic carbocycles. The monoisotopic (exact) mass is 579 g/mol. The van der Waals surface area contributed by atoms with Crippen LogP contribution in [0.15, 0.2) is 35.2 Å². The summed E-state index contributed by atoms with van der Waals surface area (Å²) in [6.07, 6.45) is 1.82. The van der Waals surface area contributed by atoms with Gasteiger partial charge in [-0.25, -0.2) is 0 Å². The summed E-state index contributed by atoms with van der Waals surface area (Å²) in [5, 5.41) is 0.981. The maximum absolute atomic E-state index is 12.4. The molecular formula is C20H16Cl2INO3S2. The Morgan fingerprint density at radius 3 is 2.62 bits per heavy atom. The number of thiocarbonyl (C=S) groups is 1. The first-order chi connectivity index (χ1) is 13.8. The van der Waals surface area contributed by atoms with Gasteiger partial charge in [0.15, 0.2) is 11.5 Å². The molecule has 9 heteroatoms. The van der Waals surface area contributed by atoms with Crippen molar-refractivity contribution in [3.63, 3.8) is 0 Å². The summed E-state index contributed by atoms with van der Waals surface area (Å²) >= 11 is 20.8. The summed E-state index contributed by atoms with van der Waals surface area (Å²) in [4.78, 5) is 14.6. The highest BCUT2D eigenvalue weighted by Gasteiger charge is 2.30. The normalized spacial score (nSPS) is 15.3. The molecule has 0 aromatic heterocycles. The molecule has 2 aromatic carbocycles. The lowest BCUT2D eigenvalue weighted by Gasteiger charge is -2.14. The topological polar surface area (TPSA) is 38.8 Å². The average molecular weight is 580 g/mol. The average Bonchev–Trinajstić information content (AvgIpc) is 2.95. The molecule has 0 atom stereocenters. The van der Waals surface area contributed by atoms with Gasteiger partial charge < -0.3 is 9.47 Å². The number of likely N-dealkylation sites (N-methyl/N-ethyl adjacent to an activating group) is 1. The van der Waals surface area contributed by atoms with Crippen LogP contribution in [-0.4, -0.2) is 28.8 Å². The predicted molar refractivity (Wildman–Crippen MR) is 132 cm³/mol. The second kappa shape index (κ2) is 9.87. The van der Waals surface area contributed by atoms with E-state index in [9.17, 15) is 4.79 Å². The minimum Gasteiger partial charge on any atom is -0.493 e. The van der Waals surface area contributed by atoms with Crippen molar-refractivity contribution in [3.05, 3.63) is 60.0 Å². The third-order valence-electron chi connectivity index (χ3n) is 4.11. The standard InChI is InChI=1S/C20H16Cl2INO3S2/c1-3-24-19(25)17(29-20(24)28)9-12-7-15(23)18(16(8-12)26-2)27-10-11-4-5-13(21)14(22)6-11/h4-9H,3,10H2,1-2H3/b17-9-. The van der Waals surface area contributed by atoms with Crippen LogP contribution in [0, 0.1) is 3.57 Å². The zero-order valence-corrected chi connectivity index (χ0v) is 20.8. The van der Waals surface area contributed by atoms with Gasteiger partial charge in [0.05, 0.1) is 25.6 Å². The zero-order chi connectivity index (χ0) is 21.1. The Morgan fingerprint density at radius 2 is 2.00 bits per heavy atom. The Morgan fingerprint density at radius 1 is 1.24 bits per heavy atom. The molecule has 1 heterocycles. The van der Waals surface area contributed by atoms with Crippen molar-refractivity contribution in [1.82, 2.24) is 4.90 Å². The van der Waals surface area contributed by atoms with E-state index in [1.165, 1.54) is 11.8 Å². The van der Waals surface area contributed by atoms with Crippen molar-refractivity contribution < 1.29 is 14.3 Å². The van der Waals surface area contributed by atoms with Gasteiger partial charge in [-0.05, 0) is 71.0 Å². The first-order valence-corrected chi connectivity index (χ1v) is 11.6. The molecule has 0 bridgehead atoms. The lowest BCUT2D eigenvalue weighted by atomic mass is 10.1. The number of halogens is 3. The number of thioether (sulfide) groups is 1. The van der Waals surface area contributed by atoms with Crippen LogP contribution < -0.4 is 9.47 Å². The zero-order valence-electron chi connectivity index (χ0n) is 15.5. The maximum atomic E-state index is 12.4. The molecule has 1 fully saturated rings. The summed E-state index contributed by atoms with van der Waals surface area (Å²) in [6.45, 7) is 2.78. The van der Waals surface area contributed by atoms with E-state index in [2.05, 4.69) is 22.6 Å². The molecular weight excluding hydrogens is 564 g/mol. The van der Waals surface area contributed by atoms with E-state index in [1.54, 1.807) is 24.1 Å². The molecule has 3 rings (SSSR count). The van der Waals surface area contributed by atoms with Crippen LogP contribution in [0.4, 0.5) is 0 Å². The molecule has 29 heavy (non-hydrogen) atoms. The van der Waals surface area contributed by atoms with Crippen LogP contribution in [0.2, 0.25) is 10.0 Å². The molecule has 152 valence electrons. The molecule has 0 unspecified atom stereocenters. The largest absolute Gasteiger partial charge is 0.493 e. The van der Waals surface area contributed by atoms with E-state index in [-0.39, 0.29) is 5.91 Å². The van der Waals surface area contributed by atoms with Crippen LogP contribution in [0.25, 0.3) is 6.08 Å². The molecule has 0 spiro atoms. The Balaban J connectivity index is 1.84. The lowest BCUT2D eigenvalue weighted by Crippen LogP contribution is -2.27. The third kappa shape index (κ3) is 5.19. The van der Waals surface area contributed by atoms with Gasteiger partial charge in [-0.3, -0.25) is 9.69 Å². The summed E-state index contributed by atoms with van der Waals surface area (Å²) in [5.41, 5.74) is 1.73. The predicted octanol–water partition coefficient (Wildman–Crippen LogP) is 6.41. The van der Waals surface area contributed by atoms with Gasteiger partial charge in [-0.15, -0.1) is 0 Å². The Bertz CT molecular complexity index is 1010. The van der Waals surface area contributed by atoms with E-state index >= 15 is 0 Å². The molecule has 4 nitrogen and oxygen atoms in total. The fourth-order valence-corrected chi connectivity index (χ4v) is 5.16. The first kappa shape index (κ1) is 22.7. The van der Waals surface area contributed by atoms with E-state index < -0.39 is 0 Å². The highest BCUT2D eigenvalue weighted by atomic mass is 127. The second-order valence-electron chi connectivity index (χ2n) is 6.00.